The summed E-state index contributed by atoms with van der Waals surface area (Å²) in [5.74, 6) is -0.749. The van der Waals surface area contributed by atoms with Gasteiger partial charge in [0.05, 0.1) is 5.69 Å². The molecule has 0 bridgehead atoms. The van der Waals surface area contributed by atoms with E-state index in [4.69, 9.17) is 4.52 Å². The van der Waals surface area contributed by atoms with E-state index < -0.39 is 20.7 Å². The van der Waals surface area contributed by atoms with Crippen molar-refractivity contribution in [1.82, 2.24) is 5.16 Å². The lowest BCUT2D eigenvalue weighted by molar-refractivity contribution is 0.423. The third-order valence-corrected chi connectivity index (χ3v) is 3.86. The maximum atomic E-state index is 13.5. The van der Waals surface area contributed by atoms with E-state index in [-0.39, 0.29) is 11.8 Å². The van der Waals surface area contributed by atoms with Crippen LogP contribution in [0.3, 0.4) is 0 Å². The summed E-state index contributed by atoms with van der Waals surface area (Å²) in [5.41, 5.74) is 0.617. The SMILES string of the molecule is CC(C)c1cc(NS(=O)(=O)c2ccccc2F)on1. The Labute approximate surface area is 110 Å². The Morgan fingerprint density at radius 1 is 1.32 bits per heavy atom. The van der Waals surface area contributed by atoms with Gasteiger partial charge in [-0.05, 0) is 18.1 Å². The summed E-state index contributed by atoms with van der Waals surface area (Å²) in [6.45, 7) is 3.79. The van der Waals surface area contributed by atoms with Crippen LogP contribution in [0.2, 0.25) is 0 Å². The number of hydrogen-bond donors (Lipinski definition) is 1. The molecule has 2 rings (SSSR count). The van der Waals surface area contributed by atoms with Crippen molar-refractivity contribution in [2.75, 3.05) is 4.72 Å². The Balaban J connectivity index is 2.29. The van der Waals surface area contributed by atoms with Crippen molar-refractivity contribution in [2.45, 2.75) is 24.7 Å². The fourth-order valence-electron chi connectivity index (χ4n) is 1.46. The van der Waals surface area contributed by atoms with E-state index in [0.29, 0.717) is 5.69 Å². The second kappa shape index (κ2) is 5.00. The molecule has 0 aliphatic rings. The van der Waals surface area contributed by atoms with Crippen LogP contribution in [-0.4, -0.2) is 13.6 Å². The molecule has 2 aromatic rings. The van der Waals surface area contributed by atoms with Crippen LogP contribution in [0.5, 0.6) is 0 Å². The highest BCUT2D eigenvalue weighted by molar-refractivity contribution is 7.92. The first-order chi connectivity index (χ1) is 8.90. The van der Waals surface area contributed by atoms with Crippen molar-refractivity contribution < 1.29 is 17.3 Å². The largest absolute Gasteiger partial charge is 0.338 e. The molecule has 5 nitrogen and oxygen atoms in total. The monoisotopic (exact) mass is 284 g/mol. The van der Waals surface area contributed by atoms with E-state index in [9.17, 15) is 12.8 Å². The van der Waals surface area contributed by atoms with Gasteiger partial charge in [0.1, 0.15) is 10.7 Å². The zero-order valence-electron chi connectivity index (χ0n) is 10.4. The van der Waals surface area contributed by atoms with Gasteiger partial charge in [0.25, 0.3) is 10.0 Å². The standard InChI is InChI=1S/C12H13FN2O3S/c1-8(2)10-7-12(18-14-10)15-19(16,17)11-6-4-3-5-9(11)13/h3-8,15H,1-2H3. The van der Waals surface area contributed by atoms with Gasteiger partial charge < -0.3 is 4.52 Å². The molecule has 0 amide bonds. The van der Waals surface area contributed by atoms with Gasteiger partial charge in [0.2, 0.25) is 5.88 Å². The molecule has 0 aliphatic carbocycles. The number of sulfonamides is 1. The molecular formula is C12H13FN2O3S. The van der Waals surface area contributed by atoms with Crippen LogP contribution in [0.4, 0.5) is 10.3 Å². The van der Waals surface area contributed by atoms with Gasteiger partial charge in [-0.1, -0.05) is 31.1 Å². The van der Waals surface area contributed by atoms with Gasteiger partial charge >= 0.3 is 0 Å². The number of rotatable bonds is 4. The predicted octanol–water partition coefficient (Wildman–Crippen LogP) is 2.74. The first-order valence-electron chi connectivity index (χ1n) is 5.64. The van der Waals surface area contributed by atoms with Gasteiger partial charge in [-0.25, -0.2) is 17.5 Å². The Morgan fingerprint density at radius 3 is 2.58 bits per heavy atom. The molecule has 1 heterocycles. The highest BCUT2D eigenvalue weighted by Crippen LogP contribution is 2.21. The van der Waals surface area contributed by atoms with Crippen molar-refractivity contribution >= 4 is 15.9 Å². The average Bonchev–Trinajstić information content (AvgIpc) is 2.77. The van der Waals surface area contributed by atoms with Gasteiger partial charge in [-0.3, -0.25) is 0 Å². The number of halogens is 1. The summed E-state index contributed by atoms with van der Waals surface area (Å²) >= 11 is 0. The number of aromatic nitrogens is 1. The topological polar surface area (TPSA) is 72.2 Å². The molecule has 1 aromatic carbocycles. The molecule has 0 radical (unpaired) electrons. The van der Waals surface area contributed by atoms with E-state index in [2.05, 4.69) is 9.88 Å². The van der Waals surface area contributed by atoms with Gasteiger partial charge in [-0.2, -0.15) is 0 Å². The Hall–Kier alpha value is -1.89. The van der Waals surface area contributed by atoms with Crippen LogP contribution >= 0.6 is 0 Å². The number of anilines is 1. The maximum absolute atomic E-state index is 13.5. The molecule has 1 aromatic heterocycles. The molecule has 0 atom stereocenters. The van der Waals surface area contributed by atoms with Crippen LogP contribution in [-0.2, 0) is 10.0 Å². The number of nitrogens with zero attached hydrogens (tertiary/aromatic N) is 1. The highest BCUT2D eigenvalue weighted by atomic mass is 32.2. The van der Waals surface area contributed by atoms with E-state index >= 15 is 0 Å². The van der Waals surface area contributed by atoms with Crippen LogP contribution < -0.4 is 4.72 Å². The molecule has 0 unspecified atom stereocenters. The van der Waals surface area contributed by atoms with E-state index in [1.54, 1.807) is 0 Å². The zero-order chi connectivity index (χ0) is 14.0. The quantitative estimate of drug-likeness (QED) is 0.937. The Kier molecular flexibility index (Phi) is 3.57. The van der Waals surface area contributed by atoms with Gasteiger partial charge in [0, 0.05) is 6.07 Å². The summed E-state index contributed by atoms with van der Waals surface area (Å²) in [6, 6.07) is 6.59. The van der Waals surface area contributed by atoms with Gasteiger partial charge in [0.15, 0.2) is 0 Å². The lowest BCUT2D eigenvalue weighted by atomic mass is 10.1. The average molecular weight is 284 g/mol. The Bertz CT molecular complexity index is 680. The maximum Gasteiger partial charge on any atom is 0.267 e. The molecule has 1 N–H and O–H groups in total. The van der Waals surface area contributed by atoms with E-state index in [1.165, 1.54) is 24.3 Å². The zero-order valence-corrected chi connectivity index (χ0v) is 11.2. The summed E-state index contributed by atoms with van der Waals surface area (Å²) in [6.07, 6.45) is 0. The molecule has 19 heavy (non-hydrogen) atoms. The third kappa shape index (κ3) is 2.93. The summed E-state index contributed by atoms with van der Waals surface area (Å²) in [5, 5.41) is 3.72. The smallest absolute Gasteiger partial charge is 0.267 e. The van der Waals surface area contributed by atoms with Crippen LogP contribution in [0, 0.1) is 5.82 Å². The van der Waals surface area contributed by atoms with Crippen LogP contribution in [0.1, 0.15) is 25.5 Å². The fraction of sp³-hybridized carbons (Fsp3) is 0.250. The second-order valence-electron chi connectivity index (χ2n) is 4.31. The van der Waals surface area contributed by atoms with Gasteiger partial charge in [-0.15, -0.1) is 0 Å². The first kappa shape index (κ1) is 13.5. The predicted molar refractivity (Wildman–Crippen MR) is 67.8 cm³/mol. The van der Waals surface area contributed by atoms with Crippen molar-refractivity contribution in [3.63, 3.8) is 0 Å². The molecule has 0 spiro atoms. The normalized spacial score (nSPS) is 11.8. The molecule has 0 saturated heterocycles. The minimum Gasteiger partial charge on any atom is -0.338 e. The minimum atomic E-state index is -4.02. The van der Waals surface area contributed by atoms with Crippen molar-refractivity contribution in [3.8, 4) is 0 Å². The lowest BCUT2D eigenvalue weighted by Crippen LogP contribution is -2.14. The summed E-state index contributed by atoms with van der Waals surface area (Å²) < 4.78 is 44.4. The van der Waals surface area contributed by atoms with Crippen molar-refractivity contribution in [3.05, 3.63) is 41.8 Å². The third-order valence-electron chi connectivity index (χ3n) is 2.48. The van der Waals surface area contributed by atoms with Crippen molar-refractivity contribution in [1.29, 1.82) is 0 Å². The van der Waals surface area contributed by atoms with E-state index in [0.717, 1.165) is 6.07 Å². The molecule has 0 saturated carbocycles. The van der Waals surface area contributed by atoms with Crippen LogP contribution in [0.25, 0.3) is 0 Å². The minimum absolute atomic E-state index is 0.0352. The van der Waals surface area contributed by atoms with Crippen molar-refractivity contribution in [2.24, 2.45) is 0 Å². The summed E-state index contributed by atoms with van der Waals surface area (Å²) in [4.78, 5) is -0.433. The number of benzene rings is 1. The molecule has 102 valence electrons. The van der Waals surface area contributed by atoms with E-state index in [1.807, 2.05) is 13.8 Å². The first-order valence-corrected chi connectivity index (χ1v) is 7.12. The molecule has 0 aliphatic heterocycles. The molecule has 7 heteroatoms. The van der Waals surface area contributed by atoms with Crippen LogP contribution in [0.15, 0.2) is 39.8 Å². The molecular weight excluding hydrogens is 271 g/mol. The second-order valence-corrected chi connectivity index (χ2v) is 5.96. The Morgan fingerprint density at radius 2 is 2.00 bits per heavy atom. The lowest BCUT2D eigenvalue weighted by Gasteiger charge is -2.05. The molecule has 0 fully saturated rings. The fourth-order valence-corrected chi connectivity index (χ4v) is 2.51. The number of nitrogens with one attached hydrogen (secondary N) is 1. The highest BCUT2D eigenvalue weighted by Gasteiger charge is 2.20. The number of hydrogen-bond acceptors (Lipinski definition) is 4. The summed E-state index contributed by atoms with van der Waals surface area (Å²) in [7, 11) is -4.02.